The molecule has 0 saturated heterocycles. The van der Waals surface area contributed by atoms with Gasteiger partial charge in [0.15, 0.2) is 0 Å². The minimum Gasteiger partial charge on any atom is -0.103 e. The second-order valence-electron chi connectivity index (χ2n) is 3.63. The summed E-state index contributed by atoms with van der Waals surface area (Å²) in [4.78, 5) is 0. The molecule has 1 unspecified atom stereocenters. The molecule has 0 amide bonds. The molecule has 1 aromatic rings. The van der Waals surface area contributed by atoms with E-state index in [1.54, 1.807) is 6.08 Å². The van der Waals surface area contributed by atoms with Crippen LogP contribution in [0.1, 0.15) is 44.2 Å². The molecule has 1 rings (SSSR count). The van der Waals surface area contributed by atoms with Gasteiger partial charge in [-0.3, -0.25) is 0 Å². The molecule has 0 N–H and O–H groups in total. The highest BCUT2D eigenvalue weighted by atomic mass is 14.0. The second kappa shape index (κ2) is 7.37. The number of allylic oxidation sites excluding steroid dienone is 1. The van der Waals surface area contributed by atoms with Crippen molar-refractivity contribution < 1.29 is 0 Å². The second-order valence-corrected chi connectivity index (χ2v) is 3.63. The maximum atomic E-state index is 3.36. The molecule has 0 saturated carbocycles. The van der Waals surface area contributed by atoms with Gasteiger partial charge in [0.25, 0.3) is 0 Å². The van der Waals surface area contributed by atoms with Gasteiger partial charge >= 0.3 is 0 Å². The lowest BCUT2D eigenvalue weighted by Crippen LogP contribution is -1.89. The van der Waals surface area contributed by atoms with Crippen LogP contribution in [0.15, 0.2) is 36.9 Å². The average Bonchev–Trinajstić information content (AvgIpc) is 2.19. The molecule has 1 aromatic carbocycles. The van der Waals surface area contributed by atoms with Gasteiger partial charge < -0.3 is 0 Å². The molecule has 78 valence electrons. The summed E-state index contributed by atoms with van der Waals surface area (Å²) >= 11 is 0. The van der Waals surface area contributed by atoms with Crippen LogP contribution in [0.25, 0.3) is 0 Å². The van der Waals surface area contributed by atoms with Gasteiger partial charge in [-0.05, 0) is 31.7 Å². The zero-order chi connectivity index (χ0) is 11.0. The summed E-state index contributed by atoms with van der Waals surface area (Å²) in [5, 5.41) is 0. The molecule has 0 fully saturated rings. The molecule has 1 atom stereocenters. The van der Waals surface area contributed by atoms with Crippen LogP contribution in [0, 0.1) is 6.92 Å². The quantitative estimate of drug-likeness (QED) is 0.593. The molecule has 0 radical (unpaired) electrons. The Kier molecular flexibility index (Phi) is 6.82. The van der Waals surface area contributed by atoms with Gasteiger partial charge in [0.1, 0.15) is 0 Å². The summed E-state index contributed by atoms with van der Waals surface area (Å²) in [5.74, 6) is 0.704. The molecular weight excluding hydrogens is 168 g/mol. The van der Waals surface area contributed by atoms with Crippen LogP contribution < -0.4 is 0 Å². The third kappa shape index (κ3) is 4.86. The molecule has 0 heterocycles. The topological polar surface area (TPSA) is 0 Å². The first kappa shape index (κ1) is 13.0. The van der Waals surface area contributed by atoms with Gasteiger partial charge in [-0.25, -0.2) is 0 Å². The number of hydrogen-bond donors (Lipinski definition) is 0. The predicted octanol–water partition coefficient (Wildman–Crippen LogP) is 4.70. The lowest BCUT2D eigenvalue weighted by Gasteiger charge is -2.07. The highest BCUT2D eigenvalue weighted by Crippen LogP contribution is 2.18. The zero-order valence-corrected chi connectivity index (χ0v) is 9.88. The fourth-order valence-electron chi connectivity index (χ4n) is 1.13. The van der Waals surface area contributed by atoms with Gasteiger partial charge in [0.05, 0.1) is 0 Å². The molecular formula is C14H22. The Hall–Kier alpha value is -1.04. The number of hydrogen-bond acceptors (Lipinski definition) is 0. The fourth-order valence-corrected chi connectivity index (χ4v) is 1.13. The van der Waals surface area contributed by atoms with E-state index in [9.17, 15) is 0 Å². The SMILES string of the molecule is C=CC.CCC(C)c1ccc(C)cc1. The molecule has 0 nitrogen and oxygen atoms in total. The van der Waals surface area contributed by atoms with Gasteiger partial charge in [-0.1, -0.05) is 49.8 Å². The van der Waals surface area contributed by atoms with E-state index in [2.05, 4.69) is 51.6 Å². The molecule has 0 aliphatic rings. The number of rotatable bonds is 2. The predicted molar refractivity (Wildman–Crippen MR) is 65.8 cm³/mol. The van der Waals surface area contributed by atoms with Crippen molar-refractivity contribution in [2.75, 3.05) is 0 Å². The Morgan fingerprint density at radius 3 is 2.07 bits per heavy atom. The summed E-state index contributed by atoms with van der Waals surface area (Å²) in [5.41, 5.74) is 2.80. The minimum atomic E-state index is 0.704. The summed E-state index contributed by atoms with van der Waals surface area (Å²) in [7, 11) is 0. The molecule has 0 aromatic heterocycles. The van der Waals surface area contributed by atoms with E-state index in [4.69, 9.17) is 0 Å². The normalized spacial score (nSPS) is 11.1. The van der Waals surface area contributed by atoms with E-state index in [1.807, 2.05) is 6.92 Å². The molecule has 0 spiro atoms. The first-order valence-electron chi connectivity index (χ1n) is 5.29. The smallest absolute Gasteiger partial charge is 0.0193 e. The van der Waals surface area contributed by atoms with Crippen molar-refractivity contribution in [1.82, 2.24) is 0 Å². The van der Waals surface area contributed by atoms with Gasteiger partial charge in [-0.2, -0.15) is 0 Å². The Morgan fingerprint density at radius 2 is 1.71 bits per heavy atom. The van der Waals surface area contributed by atoms with E-state index in [1.165, 1.54) is 17.5 Å². The van der Waals surface area contributed by atoms with Gasteiger partial charge in [-0.15, -0.1) is 6.58 Å². The standard InChI is InChI=1S/C11H16.C3H6/c1-4-10(3)11-7-5-9(2)6-8-11;1-3-2/h5-8,10H,4H2,1-3H3;3H,1H2,2H3. The summed E-state index contributed by atoms with van der Waals surface area (Å²) in [6.45, 7) is 11.9. The number of benzene rings is 1. The highest BCUT2D eigenvalue weighted by Gasteiger charge is 2.00. The van der Waals surface area contributed by atoms with Crippen molar-refractivity contribution in [2.24, 2.45) is 0 Å². The van der Waals surface area contributed by atoms with Crippen LogP contribution in [-0.4, -0.2) is 0 Å². The van der Waals surface area contributed by atoms with E-state index in [-0.39, 0.29) is 0 Å². The zero-order valence-electron chi connectivity index (χ0n) is 9.88. The van der Waals surface area contributed by atoms with E-state index < -0.39 is 0 Å². The Bertz CT molecular complexity index is 243. The van der Waals surface area contributed by atoms with E-state index in [0.717, 1.165) is 0 Å². The number of aryl methyl sites for hydroxylation is 1. The van der Waals surface area contributed by atoms with Crippen molar-refractivity contribution in [2.45, 2.75) is 40.0 Å². The van der Waals surface area contributed by atoms with Crippen molar-refractivity contribution in [1.29, 1.82) is 0 Å². The molecule has 0 aliphatic carbocycles. The van der Waals surface area contributed by atoms with E-state index in [0.29, 0.717) is 5.92 Å². The molecule has 0 bridgehead atoms. The van der Waals surface area contributed by atoms with Crippen LogP contribution in [0.3, 0.4) is 0 Å². The summed E-state index contributed by atoms with van der Waals surface area (Å²) in [6, 6.07) is 8.82. The van der Waals surface area contributed by atoms with Crippen molar-refractivity contribution in [3.63, 3.8) is 0 Å². The maximum absolute atomic E-state index is 3.36. The first-order chi connectivity index (χ1) is 6.65. The average molecular weight is 190 g/mol. The van der Waals surface area contributed by atoms with Crippen LogP contribution in [-0.2, 0) is 0 Å². The first-order valence-corrected chi connectivity index (χ1v) is 5.29. The monoisotopic (exact) mass is 190 g/mol. The lowest BCUT2D eigenvalue weighted by molar-refractivity contribution is 0.733. The Morgan fingerprint density at radius 1 is 1.29 bits per heavy atom. The third-order valence-electron chi connectivity index (χ3n) is 2.26. The molecule has 14 heavy (non-hydrogen) atoms. The van der Waals surface area contributed by atoms with Crippen molar-refractivity contribution in [3.8, 4) is 0 Å². The third-order valence-corrected chi connectivity index (χ3v) is 2.26. The Labute approximate surface area is 88.7 Å². The van der Waals surface area contributed by atoms with Crippen LogP contribution in [0.4, 0.5) is 0 Å². The van der Waals surface area contributed by atoms with Crippen LogP contribution in [0.2, 0.25) is 0 Å². The summed E-state index contributed by atoms with van der Waals surface area (Å²) in [6.07, 6.45) is 2.98. The minimum absolute atomic E-state index is 0.704. The fraction of sp³-hybridized carbons (Fsp3) is 0.429. The Balaban J connectivity index is 0.000000500. The molecule has 0 aliphatic heterocycles. The van der Waals surface area contributed by atoms with Crippen molar-refractivity contribution in [3.05, 3.63) is 48.0 Å². The van der Waals surface area contributed by atoms with Crippen LogP contribution >= 0.6 is 0 Å². The maximum Gasteiger partial charge on any atom is -0.0193 e. The highest BCUT2D eigenvalue weighted by molar-refractivity contribution is 5.23. The largest absolute Gasteiger partial charge is 0.103 e. The van der Waals surface area contributed by atoms with Gasteiger partial charge in [0.2, 0.25) is 0 Å². The van der Waals surface area contributed by atoms with Gasteiger partial charge in [0, 0.05) is 0 Å². The van der Waals surface area contributed by atoms with E-state index >= 15 is 0 Å². The summed E-state index contributed by atoms with van der Waals surface area (Å²) < 4.78 is 0. The van der Waals surface area contributed by atoms with Crippen LogP contribution in [0.5, 0.6) is 0 Å². The lowest BCUT2D eigenvalue weighted by atomic mass is 9.98. The van der Waals surface area contributed by atoms with Crippen molar-refractivity contribution >= 4 is 0 Å². The molecule has 0 heteroatoms.